The van der Waals surface area contributed by atoms with Crippen LogP contribution in [0, 0.1) is 0 Å². The second kappa shape index (κ2) is 7.28. The molecule has 0 atom stereocenters. The van der Waals surface area contributed by atoms with Gasteiger partial charge in [0.2, 0.25) is 0 Å². The number of urea groups is 1. The predicted octanol–water partition coefficient (Wildman–Crippen LogP) is 2.01. The summed E-state index contributed by atoms with van der Waals surface area (Å²) in [6.07, 6.45) is 0.172. The minimum absolute atomic E-state index is 0.0696. The molecule has 2 aromatic carbocycles. The number of carbonyl (C=O) groups excluding carboxylic acids is 2. The number of anilines is 2. The van der Waals surface area contributed by atoms with Crippen molar-refractivity contribution in [2.45, 2.75) is 12.8 Å². The lowest BCUT2D eigenvalue weighted by Gasteiger charge is -2.10. The van der Waals surface area contributed by atoms with E-state index in [-0.39, 0.29) is 29.9 Å². The summed E-state index contributed by atoms with van der Waals surface area (Å²) in [5.41, 5.74) is 13.0. The van der Waals surface area contributed by atoms with Gasteiger partial charge in [-0.15, -0.1) is 0 Å². The Kier molecular flexibility index (Phi) is 5.16. The molecule has 7 nitrogen and oxygen atoms in total. The van der Waals surface area contributed by atoms with Crippen molar-refractivity contribution in [3.8, 4) is 0 Å². The first-order chi connectivity index (χ1) is 11.4. The fourth-order valence-electron chi connectivity index (χ4n) is 2.31. The van der Waals surface area contributed by atoms with Crippen LogP contribution >= 0.6 is 0 Å². The van der Waals surface area contributed by atoms with Crippen molar-refractivity contribution in [1.82, 2.24) is 0 Å². The van der Waals surface area contributed by atoms with Gasteiger partial charge in [-0.1, -0.05) is 24.3 Å². The molecular weight excluding hydrogens is 310 g/mol. The zero-order valence-electron chi connectivity index (χ0n) is 12.8. The molecule has 2 amide bonds. The molecule has 124 valence electrons. The molecule has 0 heterocycles. The van der Waals surface area contributed by atoms with Crippen molar-refractivity contribution >= 4 is 29.2 Å². The van der Waals surface area contributed by atoms with Crippen LogP contribution in [-0.4, -0.2) is 22.9 Å². The van der Waals surface area contributed by atoms with E-state index in [1.165, 1.54) is 6.07 Å². The third-order valence-electron chi connectivity index (χ3n) is 3.44. The first-order valence-corrected chi connectivity index (χ1v) is 7.19. The highest BCUT2D eigenvalue weighted by atomic mass is 16.4. The van der Waals surface area contributed by atoms with E-state index in [2.05, 4.69) is 5.32 Å². The Hall–Kier alpha value is -3.35. The van der Waals surface area contributed by atoms with Gasteiger partial charge in [0.15, 0.2) is 5.78 Å². The predicted molar refractivity (Wildman–Crippen MR) is 89.9 cm³/mol. The molecule has 0 aromatic heterocycles. The highest BCUT2D eigenvalue weighted by Gasteiger charge is 2.15. The van der Waals surface area contributed by atoms with Crippen LogP contribution in [0.25, 0.3) is 0 Å². The number of rotatable bonds is 6. The van der Waals surface area contributed by atoms with Gasteiger partial charge in [-0.2, -0.15) is 0 Å². The normalized spacial score (nSPS) is 10.2. The van der Waals surface area contributed by atoms with Gasteiger partial charge in [0.1, 0.15) is 0 Å². The van der Waals surface area contributed by atoms with Crippen LogP contribution in [0.4, 0.5) is 16.2 Å². The lowest BCUT2D eigenvalue weighted by atomic mass is 9.97. The summed E-state index contributed by atoms with van der Waals surface area (Å²) < 4.78 is 0. The average molecular weight is 327 g/mol. The van der Waals surface area contributed by atoms with Gasteiger partial charge in [0.05, 0.1) is 0 Å². The van der Waals surface area contributed by atoms with Crippen LogP contribution in [0.15, 0.2) is 42.5 Å². The number of para-hydroxylation sites is 1. The largest absolute Gasteiger partial charge is 0.481 e. The number of amides is 2. The molecule has 2 aromatic rings. The minimum Gasteiger partial charge on any atom is -0.481 e. The first-order valence-electron chi connectivity index (χ1n) is 7.19. The summed E-state index contributed by atoms with van der Waals surface area (Å²) in [4.78, 5) is 34.3. The number of hydrogen-bond acceptors (Lipinski definition) is 4. The maximum absolute atomic E-state index is 12.7. The molecule has 0 bridgehead atoms. The molecule has 2 rings (SSSR count). The van der Waals surface area contributed by atoms with Crippen molar-refractivity contribution in [1.29, 1.82) is 0 Å². The Bertz CT molecular complexity index is 802. The number of ketones is 1. The number of aryl methyl sites for hydroxylation is 1. The van der Waals surface area contributed by atoms with Crippen LogP contribution in [0.5, 0.6) is 0 Å². The summed E-state index contributed by atoms with van der Waals surface area (Å²) in [7, 11) is 0. The quantitative estimate of drug-likeness (QED) is 0.475. The van der Waals surface area contributed by atoms with Gasteiger partial charge < -0.3 is 21.9 Å². The molecule has 7 heteroatoms. The number of hydrogen-bond donors (Lipinski definition) is 4. The Balaban J connectivity index is 2.31. The van der Waals surface area contributed by atoms with E-state index >= 15 is 0 Å². The van der Waals surface area contributed by atoms with Crippen LogP contribution in [0.3, 0.4) is 0 Å². The number of nitrogens with one attached hydrogen (secondary N) is 1. The smallest absolute Gasteiger partial charge is 0.316 e. The summed E-state index contributed by atoms with van der Waals surface area (Å²) in [5.74, 6) is -1.26. The molecule has 0 aliphatic carbocycles. The van der Waals surface area contributed by atoms with E-state index in [0.29, 0.717) is 16.8 Å². The van der Waals surface area contributed by atoms with E-state index in [1.54, 1.807) is 36.4 Å². The van der Waals surface area contributed by atoms with Crippen molar-refractivity contribution < 1.29 is 19.5 Å². The molecular formula is C17H17N3O4. The van der Waals surface area contributed by atoms with Gasteiger partial charge in [-0.3, -0.25) is 9.59 Å². The molecule has 0 spiro atoms. The molecule has 24 heavy (non-hydrogen) atoms. The maximum Gasteiger partial charge on any atom is 0.316 e. The first kappa shape index (κ1) is 17.0. The van der Waals surface area contributed by atoms with E-state index in [0.717, 1.165) is 0 Å². The van der Waals surface area contributed by atoms with Gasteiger partial charge in [-0.25, -0.2) is 4.79 Å². The van der Waals surface area contributed by atoms with Gasteiger partial charge in [-0.05, 0) is 30.2 Å². The zero-order chi connectivity index (χ0) is 17.7. The van der Waals surface area contributed by atoms with Crippen LogP contribution in [0.1, 0.15) is 27.9 Å². The molecule has 0 aliphatic rings. The SMILES string of the molecule is NC(=O)Nc1cccc(C(=O)c2cccc(CCC(=O)O)c2N)c1. The molecule has 0 radical (unpaired) electrons. The van der Waals surface area contributed by atoms with E-state index in [9.17, 15) is 14.4 Å². The number of carbonyl (C=O) groups is 3. The van der Waals surface area contributed by atoms with Crippen molar-refractivity contribution in [3.63, 3.8) is 0 Å². The van der Waals surface area contributed by atoms with Gasteiger partial charge >= 0.3 is 12.0 Å². The van der Waals surface area contributed by atoms with Crippen LogP contribution in [0.2, 0.25) is 0 Å². The van der Waals surface area contributed by atoms with E-state index in [4.69, 9.17) is 16.6 Å². The van der Waals surface area contributed by atoms with Crippen molar-refractivity contribution in [2.24, 2.45) is 5.73 Å². The molecule has 0 saturated heterocycles. The number of benzene rings is 2. The second-order valence-corrected chi connectivity index (χ2v) is 5.17. The Morgan fingerprint density at radius 1 is 1.08 bits per heavy atom. The fraction of sp³-hybridized carbons (Fsp3) is 0.118. The van der Waals surface area contributed by atoms with E-state index in [1.807, 2.05) is 0 Å². The second-order valence-electron chi connectivity index (χ2n) is 5.17. The molecule has 0 unspecified atom stereocenters. The zero-order valence-corrected chi connectivity index (χ0v) is 12.8. The van der Waals surface area contributed by atoms with Gasteiger partial charge in [0.25, 0.3) is 0 Å². The van der Waals surface area contributed by atoms with Crippen LogP contribution < -0.4 is 16.8 Å². The third kappa shape index (κ3) is 4.10. The summed E-state index contributed by atoms with van der Waals surface area (Å²) in [5, 5.41) is 11.2. The van der Waals surface area contributed by atoms with Crippen molar-refractivity contribution in [3.05, 3.63) is 59.2 Å². The highest BCUT2D eigenvalue weighted by molar-refractivity contribution is 6.13. The summed E-state index contributed by atoms with van der Waals surface area (Å²) >= 11 is 0. The maximum atomic E-state index is 12.7. The Labute approximate surface area is 138 Å². The van der Waals surface area contributed by atoms with Crippen LogP contribution in [-0.2, 0) is 11.2 Å². The number of carboxylic acids is 1. The Morgan fingerprint density at radius 2 is 1.79 bits per heavy atom. The summed E-state index contributed by atoms with van der Waals surface area (Å²) in [6, 6.07) is 10.5. The lowest BCUT2D eigenvalue weighted by molar-refractivity contribution is -0.136. The standard InChI is InChI=1S/C17H17N3O4/c18-15-10(7-8-14(21)22)3-2-6-13(15)16(23)11-4-1-5-12(9-11)20-17(19)24/h1-6,9H,7-8,18H2,(H,21,22)(H3,19,20,24). The summed E-state index contributed by atoms with van der Waals surface area (Å²) in [6.45, 7) is 0. The monoisotopic (exact) mass is 327 g/mol. The van der Waals surface area contributed by atoms with E-state index < -0.39 is 12.0 Å². The molecule has 0 aliphatic heterocycles. The fourth-order valence-corrected chi connectivity index (χ4v) is 2.31. The van der Waals surface area contributed by atoms with Crippen molar-refractivity contribution in [2.75, 3.05) is 11.1 Å². The third-order valence-corrected chi connectivity index (χ3v) is 3.44. The molecule has 6 N–H and O–H groups in total. The number of nitrogen functional groups attached to an aromatic ring is 1. The molecule has 0 fully saturated rings. The highest BCUT2D eigenvalue weighted by Crippen LogP contribution is 2.23. The average Bonchev–Trinajstić information content (AvgIpc) is 2.53. The number of aliphatic carboxylic acids is 1. The number of carboxylic acid groups (broad SMARTS) is 1. The topological polar surface area (TPSA) is 136 Å². The minimum atomic E-state index is -0.934. The Morgan fingerprint density at radius 3 is 2.46 bits per heavy atom. The lowest BCUT2D eigenvalue weighted by Crippen LogP contribution is -2.19. The number of nitrogens with two attached hydrogens (primary N) is 2. The number of primary amides is 1. The van der Waals surface area contributed by atoms with Gasteiger partial charge in [0, 0.05) is 28.9 Å². The molecule has 0 saturated carbocycles.